The van der Waals surface area contributed by atoms with E-state index in [1.54, 1.807) is 17.8 Å². The molecule has 0 unspecified atom stereocenters. The van der Waals surface area contributed by atoms with Crippen molar-refractivity contribution in [2.75, 3.05) is 16.8 Å². The molecule has 264 valence electrons. The van der Waals surface area contributed by atoms with Gasteiger partial charge < -0.3 is 20.2 Å². The number of aromatic nitrogens is 2. The normalized spacial score (nSPS) is 18.5. The number of carbonyl (C=O) groups excluding carboxylic acids is 4. The number of oxime groups is 1. The van der Waals surface area contributed by atoms with Crippen LogP contribution in [-0.2, 0) is 28.8 Å². The van der Waals surface area contributed by atoms with Crippen LogP contribution in [0.5, 0.6) is 0 Å². The molecular formula is C37H32N6O6S3. The van der Waals surface area contributed by atoms with Crippen LogP contribution in [0.3, 0.4) is 0 Å². The standard InChI is InChI=1S/C37H32N6O6S3/c44-22-39-37-40-28(21-52-37)29(42-49-27-13-14-27)33(45)41-30-34(46)43-31(26(20-51-35(30)43)19-50-17-15-23-8-7-16-38-18-23)36(47)48-32(24-9-3-1-4-10-24)25-11-5-2-6-12-25/h1-12,15-18,21-22,27,30,32,35H,13-14,19-20H2,(H,41,45)(H,39,40,44)/b17-15-,42-29-/t30-,35-/m1/s1. The number of anilines is 1. The van der Waals surface area contributed by atoms with Gasteiger partial charge >= 0.3 is 5.97 Å². The van der Waals surface area contributed by atoms with Crippen molar-refractivity contribution >= 4 is 76.0 Å². The Balaban J connectivity index is 1.14. The Labute approximate surface area is 311 Å². The Morgan fingerprint density at radius 2 is 1.81 bits per heavy atom. The minimum atomic E-state index is -0.948. The molecule has 2 aromatic heterocycles. The molecule has 1 saturated carbocycles. The highest BCUT2D eigenvalue weighted by Crippen LogP contribution is 2.42. The molecule has 2 N–H and O–H groups in total. The Kier molecular flexibility index (Phi) is 11.1. The number of amides is 3. The summed E-state index contributed by atoms with van der Waals surface area (Å²) in [5, 5.41) is 12.6. The van der Waals surface area contributed by atoms with Gasteiger partial charge in [0, 0.05) is 29.3 Å². The third kappa shape index (κ3) is 8.11. The molecule has 7 rings (SSSR count). The van der Waals surface area contributed by atoms with Crippen molar-refractivity contribution in [2.24, 2.45) is 5.16 Å². The van der Waals surface area contributed by atoms with Crippen molar-refractivity contribution < 1.29 is 28.8 Å². The number of benzene rings is 2. The van der Waals surface area contributed by atoms with E-state index in [1.807, 2.05) is 84.3 Å². The second-order valence-electron chi connectivity index (χ2n) is 11.9. The van der Waals surface area contributed by atoms with E-state index in [4.69, 9.17) is 9.57 Å². The average Bonchev–Trinajstić information content (AvgIpc) is 3.90. The summed E-state index contributed by atoms with van der Waals surface area (Å²) in [6, 6.07) is 21.7. The van der Waals surface area contributed by atoms with Crippen LogP contribution in [-0.4, -0.2) is 73.8 Å². The highest BCUT2D eigenvalue weighted by molar-refractivity contribution is 8.02. The maximum atomic E-state index is 14.3. The quantitative estimate of drug-likeness (QED) is 0.0533. The van der Waals surface area contributed by atoms with Crippen LogP contribution in [0.2, 0.25) is 0 Å². The maximum Gasteiger partial charge on any atom is 0.356 e. The number of pyridine rings is 1. The van der Waals surface area contributed by atoms with Gasteiger partial charge in [0.1, 0.15) is 28.9 Å². The van der Waals surface area contributed by atoms with E-state index in [-0.39, 0.29) is 28.3 Å². The van der Waals surface area contributed by atoms with Crippen molar-refractivity contribution in [3.05, 3.63) is 130 Å². The lowest BCUT2D eigenvalue weighted by Crippen LogP contribution is -2.71. The number of ether oxygens (including phenoxy) is 1. The van der Waals surface area contributed by atoms with Gasteiger partial charge in [-0.2, -0.15) is 0 Å². The number of hydrogen-bond acceptors (Lipinski definition) is 12. The number of esters is 1. The Morgan fingerprint density at radius 3 is 2.48 bits per heavy atom. The van der Waals surface area contributed by atoms with Crippen molar-refractivity contribution in [2.45, 2.75) is 36.5 Å². The molecular weight excluding hydrogens is 721 g/mol. The molecule has 1 saturated heterocycles. The van der Waals surface area contributed by atoms with Gasteiger partial charge in [-0.15, -0.1) is 34.9 Å². The van der Waals surface area contributed by atoms with Crippen molar-refractivity contribution in [1.82, 2.24) is 20.2 Å². The van der Waals surface area contributed by atoms with E-state index in [2.05, 4.69) is 25.8 Å². The first-order valence-corrected chi connectivity index (χ1v) is 19.3. The number of nitrogens with one attached hydrogen (secondary N) is 2. The highest BCUT2D eigenvalue weighted by atomic mass is 32.2. The number of fused-ring (bicyclic) bond motifs is 1. The first-order chi connectivity index (χ1) is 25.5. The Morgan fingerprint density at radius 1 is 1.06 bits per heavy atom. The van der Waals surface area contributed by atoms with Crippen LogP contribution in [0.25, 0.3) is 6.08 Å². The van der Waals surface area contributed by atoms with Crippen LogP contribution >= 0.6 is 34.9 Å². The lowest BCUT2D eigenvalue weighted by molar-refractivity contribution is -0.154. The second-order valence-corrected chi connectivity index (χ2v) is 14.7. The first-order valence-electron chi connectivity index (χ1n) is 16.4. The fraction of sp³-hybridized carbons (Fsp3) is 0.216. The molecule has 2 atom stereocenters. The van der Waals surface area contributed by atoms with E-state index in [0.717, 1.165) is 46.4 Å². The first kappa shape index (κ1) is 35.2. The van der Waals surface area contributed by atoms with Gasteiger partial charge in [0.05, 0.1) is 0 Å². The third-order valence-electron chi connectivity index (χ3n) is 8.22. The van der Waals surface area contributed by atoms with E-state index < -0.39 is 35.3 Å². The number of thioether (sulfide) groups is 2. The summed E-state index contributed by atoms with van der Waals surface area (Å²) >= 11 is 4.06. The molecule has 0 radical (unpaired) electrons. The number of nitrogens with zero attached hydrogens (tertiary/aromatic N) is 4. The van der Waals surface area contributed by atoms with Gasteiger partial charge in [-0.05, 0) is 52.7 Å². The molecule has 12 nitrogen and oxygen atoms in total. The van der Waals surface area contributed by atoms with Crippen molar-refractivity contribution in [1.29, 1.82) is 0 Å². The molecule has 3 amide bonds. The fourth-order valence-electron chi connectivity index (χ4n) is 5.49. The lowest BCUT2D eigenvalue weighted by atomic mass is 10.0. The van der Waals surface area contributed by atoms with Crippen LogP contribution < -0.4 is 10.6 Å². The number of rotatable bonds is 15. The summed E-state index contributed by atoms with van der Waals surface area (Å²) in [6.07, 6.45) is 6.72. The van der Waals surface area contributed by atoms with E-state index in [0.29, 0.717) is 17.9 Å². The minimum Gasteiger partial charge on any atom is -0.448 e. The number of carbonyl (C=O) groups is 4. The molecule has 4 aromatic rings. The predicted octanol–water partition coefficient (Wildman–Crippen LogP) is 5.38. The van der Waals surface area contributed by atoms with Gasteiger partial charge in [0.2, 0.25) is 6.41 Å². The second kappa shape index (κ2) is 16.4. The molecule has 4 heterocycles. The predicted molar refractivity (Wildman–Crippen MR) is 201 cm³/mol. The average molecular weight is 753 g/mol. The van der Waals surface area contributed by atoms with E-state index >= 15 is 0 Å². The molecule has 1 aliphatic carbocycles. The van der Waals surface area contributed by atoms with E-state index in [9.17, 15) is 19.2 Å². The highest BCUT2D eigenvalue weighted by Gasteiger charge is 2.55. The molecule has 0 spiro atoms. The van der Waals surface area contributed by atoms with Crippen LogP contribution in [0.4, 0.5) is 5.13 Å². The molecule has 52 heavy (non-hydrogen) atoms. The summed E-state index contributed by atoms with van der Waals surface area (Å²) in [5.74, 6) is -0.889. The number of hydrogen-bond donors (Lipinski definition) is 2. The lowest BCUT2D eigenvalue weighted by Gasteiger charge is -2.49. The largest absolute Gasteiger partial charge is 0.448 e. The molecule has 3 aliphatic rings. The van der Waals surface area contributed by atoms with Gasteiger partial charge in [-0.1, -0.05) is 71.9 Å². The molecule has 2 fully saturated rings. The Hall–Kier alpha value is -5.25. The number of thiazole rings is 1. The summed E-state index contributed by atoms with van der Waals surface area (Å²) in [7, 11) is 0. The van der Waals surface area contributed by atoms with Crippen molar-refractivity contribution in [3.8, 4) is 0 Å². The minimum absolute atomic E-state index is 0.0893. The van der Waals surface area contributed by atoms with Crippen LogP contribution in [0, 0.1) is 0 Å². The zero-order valence-electron chi connectivity index (χ0n) is 27.5. The topological polar surface area (TPSA) is 152 Å². The van der Waals surface area contributed by atoms with Crippen molar-refractivity contribution in [3.63, 3.8) is 0 Å². The summed E-state index contributed by atoms with van der Waals surface area (Å²) in [5.41, 5.74) is 3.50. The zero-order valence-corrected chi connectivity index (χ0v) is 29.9. The maximum absolute atomic E-state index is 14.3. The van der Waals surface area contributed by atoms with Crippen LogP contribution in [0.15, 0.2) is 112 Å². The summed E-state index contributed by atoms with van der Waals surface area (Å²) in [4.78, 5) is 68.2. The number of β-lactam (4-membered cyclic amide) rings is 1. The molecule has 0 bridgehead atoms. The molecule has 15 heteroatoms. The van der Waals surface area contributed by atoms with Gasteiger partial charge in [0.25, 0.3) is 11.8 Å². The summed E-state index contributed by atoms with van der Waals surface area (Å²) in [6.45, 7) is 0. The van der Waals surface area contributed by atoms with Crippen LogP contribution in [0.1, 0.15) is 41.3 Å². The van der Waals surface area contributed by atoms with Gasteiger partial charge in [-0.3, -0.25) is 24.3 Å². The molecule has 2 aliphatic heterocycles. The smallest absolute Gasteiger partial charge is 0.356 e. The van der Waals surface area contributed by atoms with Gasteiger partial charge in [-0.25, -0.2) is 9.78 Å². The zero-order chi connectivity index (χ0) is 35.9. The molecule has 2 aromatic carbocycles. The Bertz CT molecular complexity index is 1980. The summed E-state index contributed by atoms with van der Waals surface area (Å²) < 4.78 is 6.27. The van der Waals surface area contributed by atoms with Gasteiger partial charge in [0.15, 0.2) is 16.9 Å². The monoisotopic (exact) mass is 752 g/mol. The third-order valence-corrected chi connectivity index (χ3v) is 11.2. The fourth-order valence-corrected chi connectivity index (χ4v) is 8.41. The SMILES string of the molecule is O=CNc1nc(/C(=N/OC2CC2)C(=O)N[C@@H]2C(=O)N3C(C(=O)OC(c4ccccc4)c4ccccc4)=C(CS/C=C\c4cccnc4)CS[C@H]23)cs1. The van der Waals surface area contributed by atoms with E-state index in [1.165, 1.54) is 28.4 Å².